The predicted octanol–water partition coefficient (Wildman–Crippen LogP) is 8.60. The van der Waals surface area contributed by atoms with Crippen molar-refractivity contribution in [1.29, 1.82) is 0 Å². The summed E-state index contributed by atoms with van der Waals surface area (Å²) in [5.41, 5.74) is 9.22. The maximum atomic E-state index is 15.3. The average molecular weight is 955 g/mol. The van der Waals surface area contributed by atoms with Crippen LogP contribution in [0.25, 0.3) is 5.69 Å². The van der Waals surface area contributed by atoms with Gasteiger partial charge in [0, 0.05) is 63.1 Å². The number of carbonyl (C=O) groups is 4. The maximum Gasteiger partial charge on any atom is 0.410 e. The third-order valence-corrected chi connectivity index (χ3v) is 11.5. The Bertz CT molecular complexity index is 2910. The van der Waals surface area contributed by atoms with Crippen molar-refractivity contribution in [3.05, 3.63) is 164 Å². The Balaban J connectivity index is 0.000000229. The summed E-state index contributed by atoms with van der Waals surface area (Å²) in [5, 5.41) is 19.9. The van der Waals surface area contributed by atoms with Gasteiger partial charge in [-0.15, -0.1) is 5.10 Å². The standard InChI is InChI=1S/C32H35FN6O4.C21H24N2O4/c1-20-18-39(37-36-20)27-8-9-28(42-5)29(33)26(27)17-35-30(40)24-14-22(15-34-16-24)12-21-6-7-23-10-11-38(19-25(23)13-21)31(41)43-32(2,3)4;1-21(2,3)27-20(26)23-7-6-16-5-4-14(9-18(16)13-23)8-15-10-17(19(24)25)12-22-11-15/h6-9,13-16,18H,10-12,17,19H2,1-5H3,(H,35,40);4-5,9-12H,6-8,13H2,1-3H3,(H,24,25). The highest BCUT2D eigenvalue weighted by atomic mass is 19.1. The van der Waals surface area contributed by atoms with Gasteiger partial charge < -0.3 is 34.4 Å². The van der Waals surface area contributed by atoms with Crippen LogP contribution >= 0.6 is 0 Å². The number of hydrogen-bond acceptors (Lipinski definition) is 11. The van der Waals surface area contributed by atoms with E-state index in [4.69, 9.17) is 19.3 Å². The zero-order chi connectivity index (χ0) is 50.3. The number of carboxylic acids is 1. The Labute approximate surface area is 406 Å². The third kappa shape index (κ3) is 13.1. The number of benzene rings is 3. The van der Waals surface area contributed by atoms with Crippen LogP contribution in [0, 0.1) is 12.7 Å². The van der Waals surface area contributed by atoms with Crippen LogP contribution in [0.4, 0.5) is 14.0 Å². The normalized spacial score (nSPS) is 13.3. The van der Waals surface area contributed by atoms with E-state index in [1.165, 1.54) is 41.4 Å². The van der Waals surface area contributed by atoms with E-state index in [0.717, 1.165) is 46.2 Å². The van der Waals surface area contributed by atoms with Crippen molar-refractivity contribution in [2.24, 2.45) is 0 Å². The van der Waals surface area contributed by atoms with Crippen LogP contribution in [0.2, 0.25) is 0 Å². The van der Waals surface area contributed by atoms with Gasteiger partial charge in [-0.25, -0.2) is 23.5 Å². The van der Waals surface area contributed by atoms with Gasteiger partial charge in [0.2, 0.25) is 0 Å². The lowest BCUT2D eigenvalue weighted by Crippen LogP contribution is -2.39. The zero-order valence-corrected chi connectivity index (χ0v) is 40.8. The number of carbonyl (C=O) groups excluding carboxylic acids is 3. The van der Waals surface area contributed by atoms with E-state index in [2.05, 4.69) is 62.0 Å². The van der Waals surface area contributed by atoms with Gasteiger partial charge in [0.15, 0.2) is 11.6 Å². The number of methoxy groups -OCH3 is 1. The molecule has 3 aromatic carbocycles. The van der Waals surface area contributed by atoms with E-state index in [1.54, 1.807) is 53.5 Å². The van der Waals surface area contributed by atoms with Gasteiger partial charge in [-0.3, -0.25) is 14.8 Å². The molecule has 0 saturated heterocycles. The smallest absolute Gasteiger partial charge is 0.410 e. The summed E-state index contributed by atoms with van der Waals surface area (Å²) < 4.78 is 32.9. The number of aromatic carboxylic acids is 1. The van der Waals surface area contributed by atoms with Crippen molar-refractivity contribution < 1.29 is 42.9 Å². The molecule has 0 radical (unpaired) electrons. The minimum Gasteiger partial charge on any atom is -0.494 e. The molecule has 16 nitrogen and oxygen atoms in total. The molecule has 2 aliphatic rings. The number of halogens is 1. The molecule has 0 aliphatic carbocycles. The van der Waals surface area contributed by atoms with Gasteiger partial charge in [0.1, 0.15) is 11.2 Å². The molecule has 8 rings (SSSR count). The van der Waals surface area contributed by atoms with Crippen LogP contribution in [-0.4, -0.2) is 95.3 Å². The van der Waals surface area contributed by atoms with Gasteiger partial charge in [0.05, 0.1) is 35.8 Å². The molecule has 0 fully saturated rings. The van der Waals surface area contributed by atoms with E-state index < -0.39 is 28.9 Å². The highest BCUT2D eigenvalue weighted by molar-refractivity contribution is 5.94. The van der Waals surface area contributed by atoms with Crippen molar-refractivity contribution in [2.75, 3.05) is 20.2 Å². The summed E-state index contributed by atoms with van der Waals surface area (Å²) in [4.78, 5) is 60.9. The maximum absolute atomic E-state index is 15.3. The van der Waals surface area contributed by atoms with E-state index in [1.807, 2.05) is 41.5 Å². The molecule has 70 heavy (non-hydrogen) atoms. The molecule has 5 heterocycles. The Morgan fingerprint density at radius 2 is 1.23 bits per heavy atom. The second-order valence-electron chi connectivity index (χ2n) is 19.4. The number of carboxylic acid groups (broad SMARTS) is 1. The minimum atomic E-state index is -0.984. The summed E-state index contributed by atoms with van der Waals surface area (Å²) in [6, 6.07) is 19.1. The first-order valence-electron chi connectivity index (χ1n) is 23.0. The van der Waals surface area contributed by atoms with Gasteiger partial charge >= 0.3 is 18.2 Å². The fraction of sp³-hybridized carbons (Fsp3) is 0.358. The summed E-state index contributed by atoms with van der Waals surface area (Å²) in [5.74, 6) is -1.90. The molecular formula is C53H59FN8O8. The van der Waals surface area contributed by atoms with E-state index in [9.17, 15) is 19.2 Å². The number of ether oxygens (including phenoxy) is 3. The Hall–Kier alpha value is -7.69. The third-order valence-electron chi connectivity index (χ3n) is 11.5. The van der Waals surface area contributed by atoms with Crippen LogP contribution in [-0.2, 0) is 54.8 Å². The molecule has 6 aromatic rings. The van der Waals surface area contributed by atoms with Crippen molar-refractivity contribution in [3.63, 3.8) is 0 Å². The number of aromatic nitrogens is 5. The lowest BCUT2D eigenvalue weighted by molar-refractivity contribution is 0.0214. The molecule has 0 atom stereocenters. The van der Waals surface area contributed by atoms with E-state index in [-0.39, 0.29) is 35.6 Å². The Kier molecular flexibility index (Phi) is 15.3. The molecule has 3 amide bonds. The predicted molar refractivity (Wildman–Crippen MR) is 258 cm³/mol. The van der Waals surface area contributed by atoms with Crippen molar-refractivity contribution in [2.45, 2.75) is 105 Å². The fourth-order valence-electron chi connectivity index (χ4n) is 8.15. The lowest BCUT2D eigenvalue weighted by Gasteiger charge is -2.31. The lowest BCUT2D eigenvalue weighted by atomic mass is 9.95. The molecular weight excluding hydrogens is 896 g/mol. The second kappa shape index (κ2) is 21.3. The van der Waals surface area contributed by atoms with Crippen LogP contribution in [0.1, 0.15) is 118 Å². The van der Waals surface area contributed by atoms with Crippen LogP contribution in [0.3, 0.4) is 0 Å². The summed E-state index contributed by atoms with van der Waals surface area (Å²) >= 11 is 0. The van der Waals surface area contributed by atoms with Gasteiger partial charge in [-0.05, 0) is 143 Å². The fourth-order valence-corrected chi connectivity index (χ4v) is 8.15. The van der Waals surface area contributed by atoms with Crippen LogP contribution < -0.4 is 10.1 Å². The molecule has 366 valence electrons. The van der Waals surface area contributed by atoms with E-state index in [0.29, 0.717) is 56.0 Å². The molecule has 0 bridgehead atoms. The average Bonchev–Trinajstić information content (AvgIpc) is 3.75. The quantitative estimate of drug-likeness (QED) is 0.133. The number of rotatable bonds is 10. The van der Waals surface area contributed by atoms with Crippen molar-refractivity contribution in [1.82, 2.24) is 40.1 Å². The molecule has 2 N–H and O–H groups in total. The van der Waals surface area contributed by atoms with Gasteiger partial charge in [-0.2, -0.15) is 0 Å². The second-order valence-corrected chi connectivity index (χ2v) is 19.4. The van der Waals surface area contributed by atoms with E-state index >= 15 is 4.39 Å². The molecule has 3 aromatic heterocycles. The van der Waals surface area contributed by atoms with Crippen LogP contribution in [0.15, 0.2) is 91.6 Å². The number of hydrogen-bond donors (Lipinski definition) is 2. The Morgan fingerprint density at radius 1 is 0.700 bits per heavy atom. The first-order chi connectivity index (χ1) is 33.2. The highest BCUT2D eigenvalue weighted by Gasteiger charge is 2.28. The summed E-state index contributed by atoms with van der Waals surface area (Å²) in [7, 11) is 1.39. The number of aryl methyl sites for hydroxylation is 1. The zero-order valence-electron chi connectivity index (χ0n) is 40.8. The number of amides is 3. The molecule has 0 spiro atoms. The first kappa shape index (κ1) is 50.2. The topological polar surface area (TPSA) is 191 Å². The van der Waals surface area contributed by atoms with Gasteiger partial charge in [-0.1, -0.05) is 41.6 Å². The number of nitrogens with one attached hydrogen (secondary N) is 1. The molecule has 2 aliphatic heterocycles. The molecule has 17 heteroatoms. The monoisotopic (exact) mass is 954 g/mol. The molecule has 0 unspecified atom stereocenters. The number of nitrogens with zero attached hydrogens (tertiary/aromatic N) is 7. The van der Waals surface area contributed by atoms with Crippen LogP contribution in [0.5, 0.6) is 5.75 Å². The SMILES string of the molecule is CC(C)(C)OC(=O)N1CCc2ccc(Cc3cncc(C(=O)O)c3)cc2C1.COc1ccc(-n2cc(C)nn2)c(CNC(=O)c2cncc(Cc3ccc4c(c3)CN(C(=O)OC(C)(C)C)CC4)c2)c1F. The van der Waals surface area contributed by atoms with Crippen molar-refractivity contribution in [3.8, 4) is 11.4 Å². The summed E-state index contributed by atoms with van der Waals surface area (Å²) in [6.45, 7) is 15.1. The largest absolute Gasteiger partial charge is 0.494 e. The Morgan fingerprint density at radius 3 is 1.71 bits per heavy atom. The summed E-state index contributed by atoms with van der Waals surface area (Å²) in [6.07, 6.45) is 9.99. The van der Waals surface area contributed by atoms with Crippen molar-refractivity contribution >= 4 is 24.1 Å². The van der Waals surface area contributed by atoms with Gasteiger partial charge in [0.25, 0.3) is 5.91 Å². The highest BCUT2D eigenvalue weighted by Crippen LogP contribution is 2.28. The minimum absolute atomic E-state index is 0.0627. The number of fused-ring (bicyclic) bond motifs is 2. The number of pyridine rings is 2. The first-order valence-corrected chi connectivity index (χ1v) is 23.0. The molecule has 0 saturated carbocycles.